The van der Waals surface area contributed by atoms with Gasteiger partial charge < -0.3 is 10.4 Å². The molecule has 16 heavy (non-hydrogen) atoms. The maximum absolute atomic E-state index is 12.2. The minimum absolute atomic E-state index is 0.112. The fourth-order valence-corrected chi connectivity index (χ4v) is 4.00. The Morgan fingerprint density at radius 2 is 2.19 bits per heavy atom. The van der Waals surface area contributed by atoms with Crippen LogP contribution in [0.15, 0.2) is 0 Å². The molecule has 0 amide bonds. The van der Waals surface area contributed by atoms with Crippen molar-refractivity contribution in [1.82, 2.24) is 9.62 Å². The predicted molar refractivity (Wildman–Crippen MR) is 63.8 cm³/mol. The van der Waals surface area contributed by atoms with Crippen LogP contribution in [0.25, 0.3) is 0 Å². The van der Waals surface area contributed by atoms with Crippen molar-refractivity contribution >= 4 is 10.0 Å². The fraction of sp³-hybridized carbons (Fsp3) is 1.00. The summed E-state index contributed by atoms with van der Waals surface area (Å²) in [5.74, 6) is 0. The van der Waals surface area contributed by atoms with Gasteiger partial charge in [0.15, 0.2) is 0 Å². The minimum Gasteiger partial charge on any atom is -0.395 e. The highest BCUT2D eigenvalue weighted by molar-refractivity contribution is 7.89. The first kappa shape index (κ1) is 13.9. The second-order valence-corrected chi connectivity index (χ2v) is 6.35. The molecule has 1 atom stereocenters. The van der Waals surface area contributed by atoms with Crippen LogP contribution < -0.4 is 5.32 Å². The van der Waals surface area contributed by atoms with Crippen LogP contribution in [0.2, 0.25) is 0 Å². The molecule has 0 radical (unpaired) electrons. The maximum atomic E-state index is 12.2. The van der Waals surface area contributed by atoms with E-state index in [0.717, 1.165) is 25.8 Å². The van der Waals surface area contributed by atoms with Gasteiger partial charge in [-0.2, -0.15) is 4.31 Å². The van der Waals surface area contributed by atoms with Crippen molar-refractivity contribution in [2.45, 2.75) is 31.4 Å². The summed E-state index contributed by atoms with van der Waals surface area (Å²) < 4.78 is 25.9. The Morgan fingerprint density at radius 3 is 2.69 bits per heavy atom. The molecule has 0 aromatic carbocycles. The number of rotatable bonds is 6. The zero-order chi connectivity index (χ0) is 12.0. The molecule has 0 aliphatic carbocycles. The highest BCUT2D eigenvalue weighted by atomic mass is 32.2. The summed E-state index contributed by atoms with van der Waals surface area (Å²) in [7, 11) is -3.24. The van der Waals surface area contributed by atoms with Crippen LogP contribution in [0.1, 0.15) is 26.2 Å². The molecule has 0 aromatic rings. The lowest BCUT2D eigenvalue weighted by Gasteiger charge is -2.29. The van der Waals surface area contributed by atoms with Gasteiger partial charge in [0, 0.05) is 19.6 Å². The Balaban J connectivity index is 2.70. The van der Waals surface area contributed by atoms with Gasteiger partial charge in [0.1, 0.15) is 0 Å². The van der Waals surface area contributed by atoms with E-state index in [4.69, 9.17) is 5.11 Å². The van der Waals surface area contributed by atoms with Crippen molar-refractivity contribution in [3.05, 3.63) is 0 Å². The number of aliphatic hydroxyl groups is 1. The Kier molecular flexibility index (Phi) is 5.68. The van der Waals surface area contributed by atoms with Crippen molar-refractivity contribution in [3.8, 4) is 0 Å². The van der Waals surface area contributed by atoms with Crippen LogP contribution >= 0.6 is 0 Å². The summed E-state index contributed by atoms with van der Waals surface area (Å²) in [5, 5.41) is 11.7. The lowest BCUT2D eigenvalue weighted by molar-refractivity contribution is 0.251. The van der Waals surface area contributed by atoms with Crippen LogP contribution in [0, 0.1) is 0 Å². The number of hydrogen-bond acceptors (Lipinski definition) is 4. The van der Waals surface area contributed by atoms with Crippen molar-refractivity contribution < 1.29 is 13.5 Å². The summed E-state index contributed by atoms with van der Waals surface area (Å²) in [6.07, 6.45) is 2.41. The molecular formula is C10H22N2O3S. The van der Waals surface area contributed by atoms with E-state index in [2.05, 4.69) is 5.32 Å². The van der Waals surface area contributed by atoms with Gasteiger partial charge in [-0.15, -0.1) is 0 Å². The standard InChI is InChI=1S/C10H22N2O3S/c1-2-6-12(7-8-13)16(14,15)10-4-3-5-11-9-10/h10-11,13H,2-9H2,1H3. The van der Waals surface area contributed by atoms with Crippen molar-refractivity contribution in [1.29, 1.82) is 0 Å². The highest BCUT2D eigenvalue weighted by Crippen LogP contribution is 2.16. The van der Waals surface area contributed by atoms with E-state index >= 15 is 0 Å². The van der Waals surface area contributed by atoms with Gasteiger partial charge in [-0.25, -0.2) is 8.42 Å². The second kappa shape index (κ2) is 6.54. The van der Waals surface area contributed by atoms with Crippen LogP contribution in [0.3, 0.4) is 0 Å². The van der Waals surface area contributed by atoms with Gasteiger partial charge in [-0.05, 0) is 25.8 Å². The molecule has 0 spiro atoms. The van der Waals surface area contributed by atoms with E-state index in [9.17, 15) is 8.42 Å². The molecule has 0 aromatic heterocycles. The van der Waals surface area contributed by atoms with Gasteiger partial charge in [-0.3, -0.25) is 0 Å². The Hall–Kier alpha value is -0.170. The van der Waals surface area contributed by atoms with Crippen LogP contribution in [-0.4, -0.2) is 55.9 Å². The lowest BCUT2D eigenvalue weighted by Crippen LogP contribution is -2.47. The maximum Gasteiger partial charge on any atom is 0.218 e. The SMILES string of the molecule is CCCN(CCO)S(=O)(=O)C1CCCNC1. The summed E-state index contributed by atoms with van der Waals surface area (Å²) in [6.45, 7) is 3.98. The zero-order valence-corrected chi connectivity index (χ0v) is 10.7. The molecule has 1 aliphatic rings. The molecule has 0 bridgehead atoms. The van der Waals surface area contributed by atoms with Gasteiger partial charge >= 0.3 is 0 Å². The smallest absolute Gasteiger partial charge is 0.218 e. The average Bonchev–Trinajstić information content (AvgIpc) is 2.30. The topological polar surface area (TPSA) is 69.6 Å². The molecule has 1 aliphatic heterocycles. The molecule has 1 heterocycles. The minimum atomic E-state index is -3.24. The van der Waals surface area contributed by atoms with Crippen LogP contribution in [0.4, 0.5) is 0 Å². The van der Waals surface area contributed by atoms with Crippen molar-refractivity contribution in [3.63, 3.8) is 0 Å². The third-order valence-corrected chi connectivity index (χ3v) is 5.18. The highest BCUT2D eigenvalue weighted by Gasteiger charge is 2.32. The Labute approximate surface area is 97.9 Å². The molecule has 2 N–H and O–H groups in total. The number of sulfonamides is 1. The lowest BCUT2D eigenvalue weighted by atomic mass is 10.2. The van der Waals surface area contributed by atoms with Crippen molar-refractivity contribution in [2.24, 2.45) is 0 Å². The Bertz CT molecular complexity index is 280. The fourth-order valence-electron chi connectivity index (χ4n) is 2.01. The first-order valence-electron chi connectivity index (χ1n) is 5.93. The van der Waals surface area contributed by atoms with Gasteiger partial charge in [0.2, 0.25) is 10.0 Å². The molecule has 96 valence electrons. The molecule has 1 rings (SSSR count). The molecule has 1 fully saturated rings. The van der Waals surface area contributed by atoms with Crippen LogP contribution in [0.5, 0.6) is 0 Å². The summed E-state index contributed by atoms with van der Waals surface area (Å²) in [6, 6.07) is 0. The summed E-state index contributed by atoms with van der Waals surface area (Å²) in [5.41, 5.74) is 0. The summed E-state index contributed by atoms with van der Waals surface area (Å²) in [4.78, 5) is 0. The van der Waals surface area contributed by atoms with E-state index in [-0.39, 0.29) is 18.4 Å². The third-order valence-electron chi connectivity index (χ3n) is 2.86. The number of nitrogens with one attached hydrogen (secondary N) is 1. The normalized spacial score (nSPS) is 22.6. The quantitative estimate of drug-likeness (QED) is 0.683. The van der Waals surface area contributed by atoms with E-state index in [1.54, 1.807) is 0 Å². The largest absolute Gasteiger partial charge is 0.395 e. The molecule has 5 nitrogen and oxygen atoms in total. The molecule has 0 saturated carbocycles. The van der Waals surface area contributed by atoms with Gasteiger partial charge in [0.25, 0.3) is 0 Å². The van der Waals surface area contributed by atoms with Gasteiger partial charge in [-0.1, -0.05) is 6.92 Å². The molecule has 1 saturated heterocycles. The zero-order valence-electron chi connectivity index (χ0n) is 9.85. The van der Waals surface area contributed by atoms with Crippen molar-refractivity contribution in [2.75, 3.05) is 32.8 Å². The Morgan fingerprint density at radius 1 is 1.44 bits per heavy atom. The van der Waals surface area contributed by atoms with E-state index < -0.39 is 10.0 Å². The third kappa shape index (κ3) is 3.41. The van der Waals surface area contributed by atoms with Crippen LogP contribution in [-0.2, 0) is 10.0 Å². The number of hydrogen-bond donors (Lipinski definition) is 2. The molecular weight excluding hydrogens is 228 g/mol. The van der Waals surface area contributed by atoms with E-state index in [1.807, 2.05) is 6.92 Å². The number of nitrogens with zero attached hydrogens (tertiary/aromatic N) is 1. The molecule has 6 heteroatoms. The van der Waals surface area contributed by atoms with E-state index in [1.165, 1.54) is 4.31 Å². The summed E-state index contributed by atoms with van der Waals surface area (Å²) >= 11 is 0. The number of aliphatic hydroxyl groups excluding tert-OH is 1. The van der Waals surface area contributed by atoms with Gasteiger partial charge in [0.05, 0.1) is 11.9 Å². The predicted octanol–water partition coefficient (Wildman–Crippen LogP) is -0.227. The number of piperidine rings is 1. The first-order chi connectivity index (χ1) is 7.62. The molecule has 1 unspecified atom stereocenters. The average molecular weight is 250 g/mol. The second-order valence-electron chi connectivity index (χ2n) is 4.14. The van der Waals surface area contributed by atoms with E-state index in [0.29, 0.717) is 13.1 Å². The monoisotopic (exact) mass is 250 g/mol. The first-order valence-corrected chi connectivity index (χ1v) is 7.43.